The van der Waals surface area contributed by atoms with Crippen LogP contribution in [0.15, 0.2) is 60.7 Å². The largest absolute Gasteiger partial charge is 0.313 e. The Morgan fingerprint density at radius 1 is 0.692 bits per heavy atom. The van der Waals surface area contributed by atoms with Gasteiger partial charge in [-0.3, -0.25) is 0 Å². The first-order valence-electron chi connectivity index (χ1n) is 10.5. The summed E-state index contributed by atoms with van der Waals surface area (Å²) in [5.74, 6) is 5.84. The van der Waals surface area contributed by atoms with Crippen LogP contribution < -0.4 is 10.6 Å². The van der Waals surface area contributed by atoms with Crippen molar-refractivity contribution in [2.24, 2.45) is 41.4 Å². The van der Waals surface area contributed by atoms with Crippen molar-refractivity contribution in [2.75, 3.05) is 0 Å². The van der Waals surface area contributed by atoms with Crippen molar-refractivity contribution in [1.29, 1.82) is 0 Å². The quantitative estimate of drug-likeness (QED) is 0.727. The standard InChI is InChI=1S/C24H25OP/c25-26(15-7-3-1-4-8-15,16-9-5-2-6-10-16)24-19-13-11-17-21(19)22-18(23(17)24)12-14-20(22)24/h1-10,17-23H,11-14H2/t17-,18+,19+,20-,21-,22+,23?,24?. The van der Waals surface area contributed by atoms with E-state index in [1.54, 1.807) is 0 Å². The minimum absolute atomic E-state index is 0.0941. The van der Waals surface area contributed by atoms with E-state index in [1.807, 2.05) is 0 Å². The zero-order valence-corrected chi connectivity index (χ0v) is 15.9. The van der Waals surface area contributed by atoms with Gasteiger partial charge in [0.15, 0.2) is 0 Å². The Labute approximate surface area is 155 Å². The van der Waals surface area contributed by atoms with Crippen molar-refractivity contribution in [3.05, 3.63) is 60.7 Å². The van der Waals surface area contributed by atoms with Gasteiger partial charge in [0.1, 0.15) is 7.14 Å². The molecule has 0 heterocycles. The van der Waals surface area contributed by atoms with Gasteiger partial charge in [0.05, 0.1) is 0 Å². The lowest BCUT2D eigenvalue weighted by Crippen LogP contribution is -2.51. The van der Waals surface area contributed by atoms with E-state index in [1.165, 1.54) is 25.7 Å². The van der Waals surface area contributed by atoms with Crippen LogP contribution in [0.2, 0.25) is 0 Å². The van der Waals surface area contributed by atoms with Gasteiger partial charge in [-0.15, -0.1) is 0 Å². The molecule has 0 aliphatic heterocycles. The maximum Gasteiger partial charge on any atom is 0.149 e. The predicted octanol–water partition coefficient (Wildman–Crippen LogP) is 4.68. The Hall–Kier alpha value is -1.33. The summed E-state index contributed by atoms with van der Waals surface area (Å²) in [4.78, 5) is 0. The molecule has 6 saturated carbocycles. The molecule has 2 unspecified atom stereocenters. The van der Waals surface area contributed by atoms with E-state index in [0.29, 0.717) is 0 Å². The summed E-state index contributed by atoms with van der Waals surface area (Å²) in [5, 5.41) is 2.36. The van der Waals surface area contributed by atoms with Gasteiger partial charge in [-0.05, 0) is 67.1 Å². The molecule has 0 spiro atoms. The van der Waals surface area contributed by atoms with E-state index < -0.39 is 7.14 Å². The summed E-state index contributed by atoms with van der Waals surface area (Å²) in [7, 11) is -2.66. The van der Waals surface area contributed by atoms with Crippen molar-refractivity contribution in [1.82, 2.24) is 0 Å². The molecule has 8 rings (SSSR count). The topological polar surface area (TPSA) is 17.1 Å². The molecule has 6 fully saturated rings. The number of hydrogen-bond acceptors (Lipinski definition) is 1. The summed E-state index contributed by atoms with van der Waals surface area (Å²) >= 11 is 0. The SMILES string of the molecule is O=P(c1ccccc1)(c1ccccc1)C12C3[C@H]4CC[C@@H]1[C@H]4[C@@H]1[C@H]3CC[C@@H]12. The van der Waals surface area contributed by atoms with Gasteiger partial charge in [0.2, 0.25) is 0 Å². The summed E-state index contributed by atoms with van der Waals surface area (Å²) in [6.45, 7) is 0. The van der Waals surface area contributed by atoms with Crippen molar-refractivity contribution in [3.63, 3.8) is 0 Å². The third-order valence-electron chi connectivity index (χ3n) is 9.41. The molecular formula is C24H25OP. The van der Waals surface area contributed by atoms with Crippen LogP contribution in [0.4, 0.5) is 0 Å². The average Bonchev–Trinajstić information content (AvgIpc) is 3.50. The number of rotatable bonds is 3. The molecule has 0 N–H and O–H groups in total. The monoisotopic (exact) mass is 360 g/mol. The van der Waals surface area contributed by atoms with Crippen LogP contribution in [0.25, 0.3) is 0 Å². The van der Waals surface area contributed by atoms with E-state index >= 15 is 4.57 Å². The third kappa shape index (κ3) is 1.27. The van der Waals surface area contributed by atoms with E-state index in [4.69, 9.17) is 0 Å². The zero-order valence-electron chi connectivity index (χ0n) is 15.0. The molecule has 2 aromatic rings. The molecule has 1 nitrogen and oxygen atoms in total. The zero-order chi connectivity index (χ0) is 17.1. The molecule has 0 amide bonds. The predicted molar refractivity (Wildman–Crippen MR) is 105 cm³/mol. The van der Waals surface area contributed by atoms with Crippen LogP contribution in [0.1, 0.15) is 25.7 Å². The van der Waals surface area contributed by atoms with Crippen LogP contribution in [0.3, 0.4) is 0 Å². The van der Waals surface area contributed by atoms with Crippen LogP contribution >= 0.6 is 7.14 Å². The minimum atomic E-state index is -2.66. The molecule has 0 aromatic heterocycles. The molecule has 0 radical (unpaired) electrons. The fourth-order valence-electron chi connectivity index (χ4n) is 9.46. The van der Waals surface area contributed by atoms with Crippen molar-refractivity contribution in [2.45, 2.75) is 30.8 Å². The Balaban J connectivity index is 1.55. The molecule has 0 saturated heterocycles. The molecule has 8 atom stereocenters. The maximum atomic E-state index is 15.4. The molecule has 132 valence electrons. The van der Waals surface area contributed by atoms with Gasteiger partial charge in [-0.2, -0.15) is 0 Å². The smallest absolute Gasteiger partial charge is 0.149 e. The molecule has 26 heavy (non-hydrogen) atoms. The fourth-order valence-corrected chi connectivity index (χ4v) is 14.2. The van der Waals surface area contributed by atoms with Gasteiger partial charge in [0.25, 0.3) is 0 Å². The third-order valence-corrected chi connectivity index (χ3v) is 13.5. The lowest BCUT2D eigenvalue weighted by molar-refractivity contribution is 0.168. The van der Waals surface area contributed by atoms with Gasteiger partial charge in [0, 0.05) is 15.8 Å². The molecule has 8 bridgehead atoms. The molecular weight excluding hydrogens is 335 g/mol. The highest BCUT2D eigenvalue weighted by atomic mass is 31.2. The van der Waals surface area contributed by atoms with Crippen LogP contribution in [0.5, 0.6) is 0 Å². The second kappa shape index (κ2) is 4.56. The highest BCUT2D eigenvalue weighted by Crippen LogP contribution is 2.92. The first-order valence-corrected chi connectivity index (χ1v) is 12.2. The Morgan fingerprint density at radius 3 is 1.62 bits per heavy atom. The summed E-state index contributed by atoms with van der Waals surface area (Å²) in [5.41, 5.74) is 0. The highest BCUT2D eigenvalue weighted by Gasteiger charge is 2.87. The molecule has 2 heteroatoms. The normalized spacial score (nSPS) is 46.5. The van der Waals surface area contributed by atoms with E-state index in [0.717, 1.165) is 52.0 Å². The summed E-state index contributed by atoms with van der Waals surface area (Å²) in [6.07, 6.45) is 5.53. The lowest BCUT2D eigenvalue weighted by Gasteiger charge is -2.51. The molecule has 2 aromatic carbocycles. The summed E-state index contributed by atoms with van der Waals surface area (Å²) in [6, 6.07) is 21.2. The van der Waals surface area contributed by atoms with Gasteiger partial charge in [-0.25, -0.2) is 0 Å². The Kier molecular flexibility index (Phi) is 2.58. The van der Waals surface area contributed by atoms with Crippen molar-refractivity contribution in [3.8, 4) is 0 Å². The Morgan fingerprint density at radius 2 is 1.15 bits per heavy atom. The van der Waals surface area contributed by atoms with E-state index in [2.05, 4.69) is 60.7 Å². The van der Waals surface area contributed by atoms with Crippen LogP contribution in [-0.2, 0) is 4.57 Å². The van der Waals surface area contributed by atoms with Crippen LogP contribution in [0, 0.1) is 41.4 Å². The van der Waals surface area contributed by atoms with Gasteiger partial charge < -0.3 is 4.57 Å². The van der Waals surface area contributed by atoms with E-state index in [-0.39, 0.29) is 5.16 Å². The van der Waals surface area contributed by atoms with E-state index in [9.17, 15) is 0 Å². The molecule has 6 aliphatic carbocycles. The lowest BCUT2D eigenvalue weighted by atomic mass is 9.70. The Bertz CT molecular complexity index is 866. The minimum Gasteiger partial charge on any atom is -0.313 e. The van der Waals surface area contributed by atoms with Gasteiger partial charge in [-0.1, -0.05) is 60.7 Å². The second-order valence-corrected chi connectivity index (χ2v) is 12.6. The highest BCUT2D eigenvalue weighted by molar-refractivity contribution is 7.80. The average molecular weight is 360 g/mol. The summed E-state index contributed by atoms with van der Waals surface area (Å²) < 4.78 is 15.4. The first-order chi connectivity index (χ1) is 12.8. The first kappa shape index (κ1) is 14.7. The van der Waals surface area contributed by atoms with Crippen molar-refractivity contribution < 1.29 is 4.57 Å². The fraction of sp³-hybridized carbons (Fsp3) is 0.500. The maximum absolute atomic E-state index is 15.4. The molecule has 6 aliphatic rings. The van der Waals surface area contributed by atoms with Crippen LogP contribution in [-0.4, -0.2) is 5.16 Å². The van der Waals surface area contributed by atoms with Gasteiger partial charge >= 0.3 is 0 Å². The van der Waals surface area contributed by atoms with Crippen molar-refractivity contribution >= 4 is 17.8 Å². The second-order valence-electron chi connectivity index (χ2n) is 9.54. The number of hydrogen-bond donors (Lipinski definition) is 0. The number of benzene rings is 2.